The molecule has 0 aliphatic rings. The van der Waals surface area contributed by atoms with E-state index < -0.39 is 10.1 Å². The quantitative estimate of drug-likeness (QED) is 0.574. The van der Waals surface area contributed by atoms with E-state index in [1.54, 1.807) is 18.2 Å². The molecule has 5 nitrogen and oxygen atoms in total. The van der Waals surface area contributed by atoms with Gasteiger partial charge in [-0.15, -0.1) is 0 Å². The smallest absolute Gasteiger partial charge is 0.295 e. The van der Waals surface area contributed by atoms with E-state index in [9.17, 15) is 13.0 Å². The van der Waals surface area contributed by atoms with Crippen molar-refractivity contribution in [2.24, 2.45) is 0 Å². The number of hydrogen-bond donors (Lipinski definition) is 3. The number of nitrogens with one attached hydrogen (secondary N) is 2. The molecule has 0 fully saturated rings. The fraction of sp³-hybridized carbons (Fsp3) is 0.231. The molecular formula is C13H16N2O3S. The van der Waals surface area contributed by atoms with Crippen molar-refractivity contribution in [2.45, 2.75) is 4.90 Å². The minimum absolute atomic E-state index is 0.0673. The third kappa shape index (κ3) is 3.04. The molecule has 0 saturated heterocycles. The molecule has 19 heavy (non-hydrogen) atoms. The fourth-order valence-corrected chi connectivity index (χ4v) is 2.69. The summed E-state index contributed by atoms with van der Waals surface area (Å²) in [6.07, 6.45) is 0. The Morgan fingerprint density at radius 2 is 1.74 bits per heavy atom. The molecule has 3 N–H and O–H groups in total. The van der Waals surface area contributed by atoms with Crippen molar-refractivity contribution < 1.29 is 13.0 Å². The van der Waals surface area contributed by atoms with E-state index in [1.165, 1.54) is 6.07 Å². The second-order valence-electron chi connectivity index (χ2n) is 4.16. The van der Waals surface area contributed by atoms with Crippen molar-refractivity contribution in [1.82, 2.24) is 5.32 Å². The standard InChI is InChI=1S/C13H16N2O3S/c1-14-8-9-15-12-6-2-5-11-10(12)4-3-7-13(11)19(16,17)18/h2-7,14-15H,8-9H2,1H3,(H,16,17,18). The Labute approximate surface area is 112 Å². The van der Waals surface area contributed by atoms with Crippen LogP contribution in [-0.4, -0.2) is 33.1 Å². The predicted molar refractivity (Wildman–Crippen MR) is 76.2 cm³/mol. The lowest BCUT2D eigenvalue weighted by Gasteiger charge is -2.11. The highest BCUT2D eigenvalue weighted by molar-refractivity contribution is 7.86. The fourth-order valence-electron chi connectivity index (χ4n) is 1.98. The molecule has 0 saturated carbocycles. The van der Waals surface area contributed by atoms with Gasteiger partial charge in [-0.2, -0.15) is 8.42 Å². The lowest BCUT2D eigenvalue weighted by molar-refractivity contribution is 0.484. The number of benzene rings is 2. The lowest BCUT2D eigenvalue weighted by Crippen LogP contribution is -2.17. The van der Waals surface area contributed by atoms with Crippen molar-refractivity contribution in [3.8, 4) is 0 Å². The highest BCUT2D eigenvalue weighted by Crippen LogP contribution is 2.28. The van der Waals surface area contributed by atoms with Crippen LogP contribution in [0.15, 0.2) is 41.3 Å². The van der Waals surface area contributed by atoms with Crippen LogP contribution < -0.4 is 10.6 Å². The van der Waals surface area contributed by atoms with Crippen LogP contribution in [0.2, 0.25) is 0 Å². The van der Waals surface area contributed by atoms with Gasteiger partial charge < -0.3 is 10.6 Å². The lowest BCUT2D eigenvalue weighted by atomic mass is 10.1. The zero-order chi connectivity index (χ0) is 13.9. The van der Waals surface area contributed by atoms with Crippen molar-refractivity contribution >= 4 is 26.6 Å². The van der Waals surface area contributed by atoms with Gasteiger partial charge in [-0.3, -0.25) is 4.55 Å². The summed E-state index contributed by atoms with van der Waals surface area (Å²) in [7, 11) is -2.35. The van der Waals surface area contributed by atoms with Crippen LogP contribution in [0.4, 0.5) is 5.69 Å². The zero-order valence-corrected chi connectivity index (χ0v) is 11.4. The Kier molecular flexibility index (Phi) is 4.04. The van der Waals surface area contributed by atoms with Gasteiger partial charge in [0.2, 0.25) is 0 Å². The van der Waals surface area contributed by atoms with Gasteiger partial charge in [-0.05, 0) is 19.2 Å². The summed E-state index contributed by atoms with van der Waals surface area (Å²) in [5, 5.41) is 7.54. The van der Waals surface area contributed by atoms with Crippen molar-refractivity contribution in [1.29, 1.82) is 0 Å². The first-order valence-electron chi connectivity index (χ1n) is 5.92. The van der Waals surface area contributed by atoms with E-state index in [1.807, 2.05) is 19.2 Å². The SMILES string of the molecule is CNCCNc1cccc2c(S(=O)(=O)O)cccc12. The molecular weight excluding hydrogens is 264 g/mol. The van der Waals surface area contributed by atoms with Crippen molar-refractivity contribution in [3.05, 3.63) is 36.4 Å². The largest absolute Gasteiger partial charge is 0.383 e. The van der Waals surface area contributed by atoms with E-state index in [4.69, 9.17) is 0 Å². The monoisotopic (exact) mass is 280 g/mol. The Bertz CT molecular complexity index is 683. The first kappa shape index (κ1) is 13.8. The Morgan fingerprint density at radius 3 is 2.42 bits per heavy atom. The number of rotatable bonds is 5. The first-order chi connectivity index (χ1) is 9.04. The number of hydrogen-bond acceptors (Lipinski definition) is 4. The van der Waals surface area contributed by atoms with E-state index in [2.05, 4.69) is 10.6 Å². The molecule has 102 valence electrons. The van der Waals surface area contributed by atoms with Gasteiger partial charge in [0.1, 0.15) is 4.90 Å². The van der Waals surface area contributed by atoms with Crippen LogP contribution in [-0.2, 0) is 10.1 Å². The van der Waals surface area contributed by atoms with Gasteiger partial charge in [-0.1, -0.05) is 24.3 Å². The van der Waals surface area contributed by atoms with Gasteiger partial charge >= 0.3 is 0 Å². The van der Waals surface area contributed by atoms with Gasteiger partial charge in [-0.25, -0.2) is 0 Å². The van der Waals surface area contributed by atoms with Crippen LogP contribution in [0.5, 0.6) is 0 Å². The minimum Gasteiger partial charge on any atom is -0.383 e. The number of fused-ring (bicyclic) bond motifs is 1. The van der Waals surface area contributed by atoms with Gasteiger partial charge in [0.05, 0.1) is 0 Å². The first-order valence-corrected chi connectivity index (χ1v) is 7.36. The predicted octanol–water partition coefficient (Wildman–Crippen LogP) is 1.72. The number of likely N-dealkylation sites (N-methyl/N-ethyl adjacent to an activating group) is 1. The summed E-state index contributed by atoms with van der Waals surface area (Å²) in [6, 6.07) is 10.2. The summed E-state index contributed by atoms with van der Waals surface area (Å²) >= 11 is 0. The van der Waals surface area contributed by atoms with Crippen molar-refractivity contribution in [3.63, 3.8) is 0 Å². The summed E-state index contributed by atoms with van der Waals surface area (Å²) in [4.78, 5) is -0.0673. The van der Waals surface area contributed by atoms with E-state index in [-0.39, 0.29) is 4.90 Å². The summed E-state index contributed by atoms with van der Waals surface area (Å²) in [5.74, 6) is 0. The van der Waals surface area contributed by atoms with Crippen LogP contribution in [0.1, 0.15) is 0 Å². The van der Waals surface area contributed by atoms with Gasteiger partial charge in [0.25, 0.3) is 10.1 Å². The highest BCUT2D eigenvalue weighted by atomic mass is 32.2. The van der Waals surface area contributed by atoms with E-state index >= 15 is 0 Å². The molecule has 0 aliphatic heterocycles. The molecule has 0 aliphatic carbocycles. The zero-order valence-electron chi connectivity index (χ0n) is 10.6. The molecule has 0 amide bonds. The van der Waals surface area contributed by atoms with Crippen LogP contribution in [0.25, 0.3) is 10.8 Å². The number of anilines is 1. The Morgan fingerprint density at radius 1 is 1.05 bits per heavy atom. The molecule has 0 spiro atoms. The summed E-state index contributed by atoms with van der Waals surface area (Å²) in [6.45, 7) is 1.53. The second kappa shape index (κ2) is 5.56. The van der Waals surface area contributed by atoms with Crippen molar-refractivity contribution in [2.75, 3.05) is 25.5 Å². The molecule has 2 rings (SSSR count). The van der Waals surface area contributed by atoms with Gasteiger partial charge in [0.15, 0.2) is 0 Å². The maximum absolute atomic E-state index is 11.3. The van der Waals surface area contributed by atoms with Crippen LogP contribution in [0.3, 0.4) is 0 Å². The minimum atomic E-state index is -4.21. The van der Waals surface area contributed by atoms with E-state index in [0.29, 0.717) is 5.39 Å². The van der Waals surface area contributed by atoms with E-state index in [0.717, 1.165) is 24.2 Å². The third-order valence-electron chi connectivity index (χ3n) is 2.85. The molecule has 0 bridgehead atoms. The Hall–Kier alpha value is -1.63. The van der Waals surface area contributed by atoms with Crippen LogP contribution in [0, 0.1) is 0 Å². The molecule has 0 atom stereocenters. The van der Waals surface area contributed by atoms with Gasteiger partial charge in [0, 0.05) is 29.5 Å². The highest BCUT2D eigenvalue weighted by Gasteiger charge is 2.14. The second-order valence-corrected chi connectivity index (χ2v) is 5.55. The topological polar surface area (TPSA) is 78.4 Å². The molecule has 0 heterocycles. The molecule has 0 unspecified atom stereocenters. The maximum Gasteiger partial charge on any atom is 0.295 e. The molecule has 0 radical (unpaired) electrons. The molecule has 0 aromatic heterocycles. The molecule has 2 aromatic rings. The molecule has 6 heteroatoms. The average molecular weight is 280 g/mol. The summed E-state index contributed by atoms with van der Waals surface area (Å²) < 4.78 is 31.9. The maximum atomic E-state index is 11.3. The average Bonchev–Trinajstić information content (AvgIpc) is 2.37. The third-order valence-corrected chi connectivity index (χ3v) is 3.76. The normalized spacial score (nSPS) is 11.7. The summed E-state index contributed by atoms with van der Waals surface area (Å²) in [5.41, 5.74) is 0.846. The Balaban J connectivity index is 2.52. The molecule has 2 aromatic carbocycles. The van der Waals surface area contributed by atoms with Crippen LogP contribution >= 0.6 is 0 Å².